The second kappa shape index (κ2) is 4.97. The molecule has 0 radical (unpaired) electrons. The highest BCUT2D eigenvalue weighted by molar-refractivity contribution is 6.15. The van der Waals surface area contributed by atoms with Gasteiger partial charge in [0.1, 0.15) is 12.4 Å². The van der Waals surface area contributed by atoms with E-state index in [1.54, 1.807) is 24.3 Å². The molecule has 5 heteroatoms. The predicted molar refractivity (Wildman–Crippen MR) is 61.0 cm³/mol. The summed E-state index contributed by atoms with van der Waals surface area (Å²) in [5.74, 6) is 0.399. The highest BCUT2D eigenvalue weighted by atomic mass is 16.5. The molecule has 1 N–H and O–H groups in total. The number of benzene rings is 1. The van der Waals surface area contributed by atoms with E-state index in [0.29, 0.717) is 11.4 Å². The molecule has 1 amide bonds. The lowest BCUT2D eigenvalue weighted by Crippen LogP contribution is -2.24. The summed E-state index contributed by atoms with van der Waals surface area (Å²) in [5, 5.41) is 8.60. The molecule has 1 aliphatic rings. The Morgan fingerprint density at radius 1 is 1.24 bits per heavy atom. The molecular weight excluding hydrogens is 222 g/mol. The summed E-state index contributed by atoms with van der Waals surface area (Å²) in [7, 11) is 0. The first-order valence-corrected chi connectivity index (χ1v) is 5.36. The molecule has 0 aliphatic carbocycles. The average Bonchev–Trinajstić information content (AvgIpc) is 2.66. The van der Waals surface area contributed by atoms with Crippen LogP contribution in [-0.2, 0) is 9.59 Å². The van der Waals surface area contributed by atoms with Gasteiger partial charge in [-0.3, -0.25) is 9.59 Å². The Balaban J connectivity index is 2.07. The number of nitrogens with zero attached hydrogens (tertiary/aromatic N) is 1. The van der Waals surface area contributed by atoms with Gasteiger partial charge < -0.3 is 14.7 Å². The van der Waals surface area contributed by atoms with Crippen molar-refractivity contribution in [1.29, 1.82) is 0 Å². The van der Waals surface area contributed by atoms with Crippen molar-refractivity contribution >= 4 is 17.4 Å². The molecule has 90 valence electrons. The van der Waals surface area contributed by atoms with E-state index in [9.17, 15) is 9.59 Å². The summed E-state index contributed by atoms with van der Waals surface area (Å²) in [5.41, 5.74) is 0.692. The van der Waals surface area contributed by atoms with Crippen LogP contribution in [-0.4, -0.2) is 36.6 Å². The second-order valence-electron chi connectivity index (χ2n) is 3.76. The first-order chi connectivity index (χ1) is 8.20. The van der Waals surface area contributed by atoms with Crippen molar-refractivity contribution in [3.8, 4) is 5.75 Å². The average molecular weight is 235 g/mol. The molecule has 1 heterocycles. The van der Waals surface area contributed by atoms with Gasteiger partial charge in [-0.25, -0.2) is 0 Å². The van der Waals surface area contributed by atoms with Gasteiger partial charge in [-0.05, 0) is 24.3 Å². The number of hydrogen-bond donors (Lipinski definition) is 1. The fraction of sp³-hybridized carbons (Fsp3) is 0.333. The Labute approximate surface area is 98.6 Å². The molecule has 0 unspecified atom stereocenters. The van der Waals surface area contributed by atoms with Gasteiger partial charge in [0.2, 0.25) is 5.91 Å². The normalized spacial score (nSPS) is 15.5. The number of ether oxygens (including phenoxy) is 1. The van der Waals surface area contributed by atoms with Crippen molar-refractivity contribution in [2.75, 3.05) is 24.7 Å². The Hall–Kier alpha value is -1.88. The molecule has 0 atom stereocenters. The maximum Gasteiger partial charge on any atom is 0.234 e. The van der Waals surface area contributed by atoms with Crippen LogP contribution < -0.4 is 9.64 Å². The Kier molecular flexibility index (Phi) is 3.39. The van der Waals surface area contributed by atoms with Crippen LogP contribution in [0.5, 0.6) is 5.75 Å². The molecule has 5 nitrogen and oxygen atoms in total. The molecule has 2 rings (SSSR count). The first kappa shape index (κ1) is 11.6. The van der Waals surface area contributed by atoms with E-state index in [4.69, 9.17) is 9.84 Å². The number of amides is 1. The largest absolute Gasteiger partial charge is 0.491 e. The second-order valence-corrected chi connectivity index (χ2v) is 3.76. The standard InChI is InChI=1S/C12H13NO4/c14-5-6-17-11-3-1-9(2-4-11)13-8-10(15)7-12(13)16/h1-4,14H,5-8H2. The van der Waals surface area contributed by atoms with Crippen LogP contribution in [0.15, 0.2) is 24.3 Å². The minimum absolute atomic E-state index is 0.0111. The Bertz CT molecular complexity index is 427. The SMILES string of the molecule is O=C1CC(=O)N(c2ccc(OCCO)cc2)C1. The molecule has 1 aromatic rings. The van der Waals surface area contributed by atoms with E-state index < -0.39 is 0 Å². The Morgan fingerprint density at radius 3 is 2.47 bits per heavy atom. The van der Waals surface area contributed by atoms with Crippen molar-refractivity contribution < 1.29 is 19.4 Å². The zero-order chi connectivity index (χ0) is 12.3. The van der Waals surface area contributed by atoms with E-state index in [0.717, 1.165) is 0 Å². The third-order valence-electron chi connectivity index (χ3n) is 2.49. The van der Waals surface area contributed by atoms with Crippen molar-refractivity contribution in [1.82, 2.24) is 0 Å². The smallest absolute Gasteiger partial charge is 0.234 e. The van der Waals surface area contributed by atoms with Crippen LogP contribution in [0.1, 0.15) is 6.42 Å². The van der Waals surface area contributed by atoms with E-state index in [1.165, 1.54) is 4.90 Å². The number of Topliss-reactive ketones (excluding diaryl/α,β-unsaturated/α-hetero) is 1. The highest BCUT2D eigenvalue weighted by Gasteiger charge is 2.28. The van der Waals surface area contributed by atoms with Crippen LogP contribution in [0.4, 0.5) is 5.69 Å². The highest BCUT2D eigenvalue weighted by Crippen LogP contribution is 2.22. The minimum atomic E-state index is -0.168. The number of carbonyl (C=O) groups excluding carboxylic acids is 2. The molecule has 0 spiro atoms. The van der Waals surface area contributed by atoms with Gasteiger partial charge in [-0.2, -0.15) is 0 Å². The van der Waals surface area contributed by atoms with Gasteiger partial charge >= 0.3 is 0 Å². The number of aliphatic hydroxyl groups is 1. The molecule has 0 aromatic heterocycles. The van der Waals surface area contributed by atoms with Crippen LogP contribution in [0.2, 0.25) is 0 Å². The molecule has 0 bridgehead atoms. The van der Waals surface area contributed by atoms with Crippen LogP contribution in [0, 0.1) is 0 Å². The topological polar surface area (TPSA) is 66.8 Å². The summed E-state index contributed by atoms with van der Waals surface area (Å²) >= 11 is 0. The molecular formula is C12H13NO4. The number of anilines is 1. The van der Waals surface area contributed by atoms with E-state index >= 15 is 0 Å². The summed E-state index contributed by atoms with van der Waals surface area (Å²) < 4.78 is 5.20. The van der Waals surface area contributed by atoms with Gasteiger partial charge in [0, 0.05) is 5.69 Å². The van der Waals surface area contributed by atoms with Gasteiger partial charge in [0.25, 0.3) is 0 Å². The lowest BCUT2D eigenvalue weighted by atomic mass is 10.3. The summed E-state index contributed by atoms with van der Waals surface area (Å²) in [4.78, 5) is 24.1. The quantitative estimate of drug-likeness (QED) is 0.765. The van der Waals surface area contributed by atoms with Gasteiger partial charge in [-0.1, -0.05) is 0 Å². The maximum atomic E-state index is 11.5. The lowest BCUT2D eigenvalue weighted by Gasteiger charge is -2.15. The minimum Gasteiger partial charge on any atom is -0.491 e. The lowest BCUT2D eigenvalue weighted by molar-refractivity contribution is -0.121. The van der Waals surface area contributed by atoms with E-state index in [2.05, 4.69) is 0 Å². The predicted octanol–water partition coefficient (Wildman–Crippen LogP) is 0.363. The maximum absolute atomic E-state index is 11.5. The van der Waals surface area contributed by atoms with Crippen LogP contribution in [0.25, 0.3) is 0 Å². The number of carbonyl (C=O) groups is 2. The molecule has 1 fully saturated rings. The molecule has 17 heavy (non-hydrogen) atoms. The van der Waals surface area contributed by atoms with Gasteiger partial charge in [0.15, 0.2) is 5.78 Å². The number of ketones is 1. The summed E-state index contributed by atoms with van der Waals surface area (Å²) in [6.07, 6.45) is -0.0111. The van der Waals surface area contributed by atoms with Crippen molar-refractivity contribution in [2.24, 2.45) is 0 Å². The van der Waals surface area contributed by atoms with Crippen LogP contribution in [0.3, 0.4) is 0 Å². The third kappa shape index (κ3) is 2.62. The summed E-state index contributed by atoms with van der Waals surface area (Å²) in [6, 6.07) is 6.87. The van der Waals surface area contributed by atoms with Gasteiger partial charge in [-0.15, -0.1) is 0 Å². The molecule has 0 saturated carbocycles. The Morgan fingerprint density at radius 2 is 1.94 bits per heavy atom. The van der Waals surface area contributed by atoms with Crippen molar-refractivity contribution in [3.05, 3.63) is 24.3 Å². The number of rotatable bonds is 4. The molecule has 1 aromatic carbocycles. The van der Waals surface area contributed by atoms with Crippen molar-refractivity contribution in [3.63, 3.8) is 0 Å². The molecule has 1 aliphatic heterocycles. The first-order valence-electron chi connectivity index (χ1n) is 5.36. The van der Waals surface area contributed by atoms with Crippen LogP contribution >= 0.6 is 0 Å². The third-order valence-corrected chi connectivity index (χ3v) is 2.49. The summed E-state index contributed by atoms with van der Waals surface area (Å²) in [6.45, 7) is 0.344. The van der Waals surface area contributed by atoms with Crippen molar-refractivity contribution in [2.45, 2.75) is 6.42 Å². The van der Waals surface area contributed by atoms with Gasteiger partial charge in [0.05, 0.1) is 19.6 Å². The zero-order valence-electron chi connectivity index (χ0n) is 9.26. The van der Waals surface area contributed by atoms with E-state index in [1.807, 2.05) is 0 Å². The number of aliphatic hydroxyl groups excluding tert-OH is 1. The van der Waals surface area contributed by atoms with E-state index in [-0.39, 0.29) is 37.9 Å². The monoisotopic (exact) mass is 235 g/mol. The fourth-order valence-electron chi connectivity index (χ4n) is 1.71. The zero-order valence-corrected chi connectivity index (χ0v) is 9.26. The fourth-order valence-corrected chi connectivity index (χ4v) is 1.71. The molecule has 1 saturated heterocycles. The number of hydrogen-bond acceptors (Lipinski definition) is 4.